The molecule has 0 heterocycles. The summed E-state index contributed by atoms with van der Waals surface area (Å²) in [6.07, 6.45) is -4.50. The lowest BCUT2D eigenvalue weighted by molar-refractivity contribution is -0.144. The van der Waals surface area contributed by atoms with Crippen molar-refractivity contribution in [1.82, 2.24) is 0 Å². The molecule has 0 saturated carbocycles. The van der Waals surface area contributed by atoms with E-state index in [0.29, 0.717) is 103 Å². The number of aliphatic imine (C=N–C) groups is 8. The average Bonchev–Trinajstić information content (AvgIpc) is 0.865. The van der Waals surface area contributed by atoms with E-state index in [9.17, 15) is 69.3 Å². The zero-order valence-electron chi connectivity index (χ0n) is 79.8. The molecular formula is C76H158F4N24O19S8. The number of rotatable bonds is 53. The van der Waals surface area contributed by atoms with Crippen molar-refractivity contribution in [2.75, 3.05) is 121 Å². The van der Waals surface area contributed by atoms with Crippen molar-refractivity contribution in [2.45, 2.75) is 237 Å². The molecule has 0 aromatic rings. The summed E-state index contributed by atoms with van der Waals surface area (Å²) >= 11 is 8.35. The largest absolute Gasteiger partial charge is 0.480 e. The molecule has 0 rings (SSSR count). The summed E-state index contributed by atoms with van der Waals surface area (Å²) < 4.78 is 71.5. The Bertz CT molecular complexity index is 3660. The van der Waals surface area contributed by atoms with Gasteiger partial charge in [-0.25, -0.2) is 8.42 Å². The van der Waals surface area contributed by atoms with Gasteiger partial charge in [0.25, 0.3) is 0 Å². The Balaban J connectivity index is -0.000000186. The molecule has 131 heavy (non-hydrogen) atoms. The molecule has 0 radical (unpaired) electrons. The highest BCUT2D eigenvalue weighted by atomic mass is 32.2. The van der Waals surface area contributed by atoms with Gasteiger partial charge in [-0.1, -0.05) is 62.3 Å². The van der Waals surface area contributed by atoms with Gasteiger partial charge >= 0.3 is 53.9 Å². The Morgan fingerprint density at radius 1 is 0.366 bits per heavy atom. The molecule has 0 aliphatic heterocycles. The lowest BCUT2D eigenvalue weighted by atomic mass is 9.90. The van der Waals surface area contributed by atoms with Gasteiger partial charge in [0.1, 0.15) is 44.3 Å². The number of nitrogens with zero attached hydrogens (tertiary/aromatic N) is 8. The molecule has 43 nitrogen and oxygen atoms in total. The minimum absolute atomic E-state index is 0. The topological polar surface area (TPSA) is 865 Å². The molecular weight excluding hydrogens is 1890 g/mol. The van der Waals surface area contributed by atoms with Gasteiger partial charge in [-0.2, -0.15) is 83.7 Å². The number of carboxylic acid groups (broad SMARTS) is 8. The number of aliphatic carboxylic acids is 8. The Hall–Kier alpha value is -6.88. The molecule has 0 aromatic carbocycles. The summed E-state index contributed by atoms with van der Waals surface area (Å²) in [5.74, 6) is -2.80. The highest BCUT2D eigenvalue weighted by molar-refractivity contribution is 8.01. The molecule has 55 heteroatoms. The molecule has 0 aromatic heterocycles. The van der Waals surface area contributed by atoms with Gasteiger partial charge in [0, 0.05) is 96.7 Å². The summed E-state index contributed by atoms with van der Waals surface area (Å²) in [5.41, 5.74) is 77.2. The Morgan fingerprint density at radius 2 is 0.626 bits per heavy atom. The highest BCUT2D eigenvalue weighted by Crippen LogP contribution is 2.31. The van der Waals surface area contributed by atoms with E-state index >= 15 is 0 Å². The maximum atomic E-state index is 12.4. The Morgan fingerprint density at radius 3 is 0.893 bits per heavy atom. The normalized spacial score (nSPS) is 17.3. The number of amidine groups is 8. The van der Waals surface area contributed by atoms with Crippen molar-refractivity contribution in [2.24, 2.45) is 149 Å². The van der Waals surface area contributed by atoms with E-state index in [1.54, 1.807) is 53.3 Å². The number of halogens is 4. The zero-order valence-corrected chi connectivity index (χ0v) is 86.3. The van der Waals surface area contributed by atoms with Crippen molar-refractivity contribution in [3.05, 3.63) is 0 Å². The number of nitrogens with two attached hydrogens (primary N) is 16. The number of sulfone groups is 1. The van der Waals surface area contributed by atoms with Crippen molar-refractivity contribution in [3.8, 4) is 0 Å². The summed E-state index contributed by atoms with van der Waals surface area (Å²) in [6, 6.07) is 0. The SMILES string of the molecule is CC(N)=NCC(C)SC[C@](N)(C(=O)O)C(C)C.CC(N)=NCC(C)SC[C@](N)(C(=O)O)C(C)C.CC(N)=NCC(CC(F)(F)F)SCC(C)(N)C(=O)O.CC(N)=NCCS(=O)(=O)CC(C)(N)C(=O)O.CC(N)=NCCS(=O)CC(C)(N)C(=O)O.CC(N)=NCCSCC(C)(N)C(=O)O.CC(N)=NCCSC[C@](C)(N)C(=O)O.CCC(CN=C(C)N)SC[C@](N)(C(=O)O)C(C)C.F. The zero-order chi connectivity index (χ0) is 104. The number of alkyl halides is 3. The molecule has 9 unspecified atom stereocenters. The van der Waals surface area contributed by atoms with E-state index in [1.807, 2.05) is 62.3 Å². The lowest BCUT2D eigenvalue weighted by Crippen LogP contribution is -2.55. The molecule has 772 valence electrons. The van der Waals surface area contributed by atoms with Crippen LogP contribution in [0, 0.1) is 17.8 Å². The average molecular weight is 2040 g/mol. The number of carboxylic acids is 8. The molecule has 0 spiro atoms. The van der Waals surface area contributed by atoms with E-state index in [0.717, 1.165) is 36.6 Å². The van der Waals surface area contributed by atoms with Crippen molar-refractivity contribution in [1.29, 1.82) is 0 Å². The van der Waals surface area contributed by atoms with Gasteiger partial charge in [-0.15, -0.1) is 0 Å². The highest BCUT2D eigenvalue weighted by Gasteiger charge is 2.42. The minimum atomic E-state index is -4.34. The summed E-state index contributed by atoms with van der Waals surface area (Å²) in [4.78, 5) is 118. The summed E-state index contributed by atoms with van der Waals surface area (Å²) in [6.45, 7) is 40.2. The molecule has 0 aliphatic rings. The van der Waals surface area contributed by atoms with Crippen molar-refractivity contribution in [3.63, 3.8) is 0 Å². The van der Waals surface area contributed by atoms with Crippen LogP contribution < -0.4 is 91.7 Å². The predicted molar refractivity (Wildman–Crippen MR) is 538 cm³/mol. The van der Waals surface area contributed by atoms with E-state index < -0.39 is 136 Å². The fourth-order valence-corrected chi connectivity index (χ4v) is 17.1. The second-order valence-corrected chi connectivity index (χ2v) is 43.9. The first-order chi connectivity index (χ1) is 58.6. The van der Waals surface area contributed by atoms with Crippen LogP contribution in [0.1, 0.15) is 165 Å². The van der Waals surface area contributed by atoms with E-state index in [-0.39, 0.29) is 86.0 Å². The quantitative estimate of drug-likeness (QED) is 0.0179. The monoisotopic (exact) mass is 2040 g/mol. The van der Waals surface area contributed by atoms with Crippen molar-refractivity contribution >= 4 is 186 Å². The maximum absolute atomic E-state index is 12.4. The second kappa shape index (κ2) is 70.7. The van der Waals surface area contributed by atoms with Crippen molar-refractivity contribution < 1.29 is 110 Å². The standard InChI is InChI=1S/C12H25N3O2S.2C11H23N3O2S.C10H18F3N3O2S.C8H17N3O4S.C8H17N3O3S.2C8H17N3O2S.FH/c1-5-10(6-15-9(4)13)18-7-12(14,8(2)3)11(16)17;2*1-7(2)11(13,10(15)16)6-17-8(3)5-14-9(4)12;1-6(14)16-4-7(3-10(11,12)13)19-5-9(2,15)8(17)18;1-6(9)11-3-4-16(14,15)5-8(2,10)7(12)13;1-6(9)11-3-4-15(14)5-8(2,10)7(12)13;2*1-6(9)11-3-4-14-5-8(2,10)7(12)13;/h8,10H,5-7,14H2,1-4H3,(H2,13,15)(H,16,17);2*7-8H,5-6,13H2,1-4H3,(H2,12,14)(H,15,16);7H,3-5,15H2,1-2H3,(H2,14,16)(H,17,18);3-5,10H2,1-2H3,(H2,9,11)(H,12,13);3-5,10H2,1-2H3,(H2,9,11)(H,12,13);2*3-5,10H2,1-2H3,(H2,9,11)(H,12,13);1H/t10?,12-;2*8?,11-;;;;8-;;/m111...0../s1. The van der Waals surface area contributed by atoms with Crippen LogP contribution in [0.15, 0.2) is 39.9 Å². The van der Waals surface area contributed by atoms with Crippen LogP contribution in [0.4, 0.5) is 17.9 Å². The third-order valence-electron chi connectivity index (χ3n) is 16.7. The minimum Gasteiger partial charge on any atom is -0.480 e. The second-order valence-electron chi connectivity index (χ2n) is 32.5. The predicted octanol–water partition coefficient (Wildman–Crippen LogP) is 1.82. The van der Waals surface area contributed by atoms with E-state index in [2.05, 4.69) is 39.9 Å². The van der Waals surface area contributed by atoms with Crippen LogP contribution in [0.2, 0.25) is 0 Å². The molecule has 0 aliphatic carbocycles. The van der Waals surface area contributed by atoms with Crippen LogP contribution in [-0.4, -0.2) is 341 Å². The fraction of sp³-hybridized carbons (Fsp3) is 0.789. The summed E-state index contributed by atoms with van der Waals surface area (Å²) in [7, 11) is -4.84. The molecule has 0 bridgehead atoms. The van der Waals surface area contributed by atoms with Gasteiger partial charge < -0.3 is 133 Å². The number of thioether (sulfide) groups is 6. The van der Waals surface area contributed by atoms with Crippen LogP contribution >= 0.6 is 70.6 Å². The van der Waals surface area contributed by atoms with Gasteiger partial charge in [0.05, 0.1) is 110 Å². The van der Waals surface area contributed by atoms with Crippen LogP contribution in [-0.2, 0) is 59.0 Å². The first-order valence-electron chi connectivity index (χ1n) is 40.2. The number of hydrogen-bond donors (Lipinski definition) is 24. The van der Waals surface area contributed by atoms with Crippen LogP contribution in [0.25, 0.3) is 0 Å². The van der Waals surface area contributed by atoms with Gasteiger partial charge in [-0.05, 0) is 114 Å². The van der Waals surface area contributed by atoms with E-state index in [4.69, 9.17) is 127 Å². The number of carbonyl (C=O) groups is 8. The molecule has 0 fully saturated rings. The smallest absolute Gasteiger partial charge is 0.390 e. The lowest BCUT2D eigenvalue weighted by Gasteiger charge is -2.29. The van der Waals surface area contributed by atoms with Crippen LogP contribution in [0.3, 0.4) is 0 Å². The third kappa shape index (κ3) is 78.1. The van der Waals surface area contributed by atoms with Crippen LogP contribution in [0.5, 0.6) is 0 Å². The van der Waals surface area contributed by atoms with Gasteiger partial charge in [-0.3, -0.25) is 87.2 Å². The summed E-state index contributed by atoms with van der Waals surface area (Å²) in [5, 5.41) is 70.9. The first kappa shape index (κ1) is 142. The molecule has 40 N–H and O–H groups in total. The maximum Gasteiger partial charge on any atom is 0.390 e. The molecule has 13 atom stereocenters. The third-order valence-corrected chi connectivity index (χ3v) is 28.6. The Labute approximate surface area is 797 Å². The van der Waals surface area contributed by atoms with Gasteiger partial charge in [0.2, 0.25) is 0 Å². The molecule has 0 saturated heterocycles. The first-order valence-corrected chi connectivity index (χ1v) is 50.0. The number of hydrogen-bond acceptors (Lipinski definition) is 33. The fourth-order valence-electron chi connectivity index (χ4n) is 7.48. The molecule has 0 amide bonds. The van der Waals surface area contributed by atoms with E-state index in [1.165, 1.54) is 88.6 Å². The Kier molecular flexibility index (Phi) is 76.7. The van der Waals surface area contributed by atoms with Gasteiger partial charge in [0.15, 0.2) is 9.84 Å².